The second-order valence-corrected chi connectivity index (χ2v) is 4.73. The molecule has 1 amide bonds. The van der Waals surface area contributed by atoms with Crippen molar-refractivity contribution in [3.8, 4) is 5.75 Å². The first kappa shape index (κ1) is 14.8. The monoisotopic (exact) mass is 282 g/mol. The van der Waals surface area contributed by atoms with E-state index in [4.69, 9.17) is 4.74 Å². The van der Waals surface area contributed by atoms with Crippen LogP contribution in [0.2, 0.25) is 0 Å². The molecule has 0 fully saturated rings. The normalized spacial score (nSPS) is 10.6. The number of hydrogen-bond donors (Lipinski definition) is 1. The van der Waals surface area contributed by atoms with E-state index in [2.05, 4.69) is 10.5 Å². The number of nitrogens with zero attached hydrogens (tertiary/aromatic N) is 1. The average Bonchev–Trinajstić information content (AvgIpc) is 2.48. The number of aryl methyl sites for hydroxylation is 1. The van der Waals surface area contributed by atoms with Crippen LogP contribution in [-0.4, -0.2) is 19.2 Å². The van der Waals surface area contributed by atoms with E-state index >= 15 is 0 Å². The van der Waals surface area contributed by atoms with Gasteiger partial charge in [-0.1, -0.05) is 29.8 Å². The van der Waals surface area contributed by atoms with Gasteiger partial charge >= 0.3 is 0 Å². The molecule has 0 unspecified atom stereocenters. The zero-order valence-corrected chi connectivity index (χ0v) is 12.2. The van der Waals surface area contributed by atoms with Crippen molar-refractivity contribution >= 4 is 12.1 Å². The van der Waals surface area contributed by atoms with Crippen molar-refractivity contribution < 1.29 is 9.53 Å². The van der Waals surface area contributed by atoms with Crippen LogP contribution in [0.1, 0.15) is 16.7 Å². The van der Waals surface area contributed by atoms with Gasteiger partial charge in [0.1, 0.15) is 5.75 Å². The molecule has 0 aromatic heterocycles. The van der Waals surface area contributed by atoms with Crippen molar-refractivity contribution in [1.29, 1.82) is 0 Å². The maximum atomic E-state index is 11.8. The van der Waals surface area contributed by atoms with Gasteiger partial charge in [0.25, 0.3) is 0 Å². The van der Waals surface area contributed by atoms with Gasteiger partial charge in [-0.2, -0.15) is 5.10 Å². The molecule has 0 aliphatic carbocycles. The van der Waals surface area contributed by atoms with E-state index in [0.29, 0.717) is 6.42 Å². The second-order valence-electron chi connectivity index (χ2n) is 4.73. The predicted molar refractivity (Wildman–Crippen MR) is 83.6 cm³/mol. The summed E-state index contributed by atoms with van der Waals surface area (Å²) in [6, 6.07) is 15.3. The van der Waals surface area contributed by atoms with Gasteiger partial charge in [-0.25, -0.2) is 5.43 Å². The van der Waals surface area contributed by atoms with Gasteiger partial charge in [-0.05, 0) is 42.3 Å². The largest absolute Gasteiger partial charge is 0.497 e. The maximum Gasteiger partial charge on any atom is 0.244 e. The quantitative estimate of drug-likeness (QED) is 0.677. The van der Waals surface area contributed by atoms with Crippen molar-refractivity contribution in [3.63, 3.8) is 0 Å². The topological polar surface area (TPSA) is 50.7 Å². The molecular formula is C17H18N2O2. The molecule has 108 valence electrons. The molecule has 2 rings (SSSR count). The molecule has 0 spiro atoms. The Labute approximate surface area is 124 Å². The van der Waals surface area contributed by atoms with Gasteiger partial charge in [0, 0.05) is 0 Å². The first-order valence-corrected chi connectivity index (χ1v) is 6.69. The minimum Gasteiger partial charge on any atom is -0.497 e. The molecule has 0 heterocycles. The highest BCUT2D eigenvalue weighted by atomic mass is 16.5. The fourth-order valence-electron chi connectivity index (χ4n) is 1.92. The fraction of sp³-hybridized carbons (Fsp3) is 0.176. The number of hydrogen-bond acceptors (Lipinski definition) is 3. The number of amides is 1. The molecule has 2 aromatic carbocycles. The standard InChI is InChI=1S/C17H18N2O2/c1-13-4-3-5-15(10-13)11-17(20)19-18-12-14-6-8-16(21-2)9-7-14/h3-10,12H,11H2,1-2H3,(H,19,20)/b18-12+. The third kappa shape index (κ3) is 4.76. The maximum absolute atomic E-state index is 11.8. The highest BCUT2D eigenvalue weighted by Crippen LogP contribution is 2.09. The summed E-state index contributed by atoms with van der Waals surface area (Å²) < 4.78 is 5.07. The number of methoxy groups -OCH3 is 1. The van der Waals surface area contributed by atoms with E-state index in [-0.39, 0.29) is 5.91 Å². The minimum absolute atomic E-state index is 0.134. The molecule has 0 saturated heterocycles. The molecule has 1 N–H and O–H groups in total. The van der Waals surface area contributed by atoms with Crippen LogP contribution in [0.4, 0.5) is 0 Å². The van der Waals surface area contributed by atoms with Crippen LogP contribution in [0.5, 0.6) is 5.75 Å². The summed E-state index contributed by atoms with van der Waals surface area (Å²) in [4.78, 5) is 11.8. The van der Waals surface area contributed by atoms with Crippen LogP contribution in [0.15, 0.2) is 53.6 Å². The van der Waals surface area contributed by atoms with Crippen molar-refractivity contribution in [2.75, 3.05) is 7.11 Å². The van der Waals surface area contributed by atoms with Crippen LogP contribution in [0.25, 0.3) is 0 Å². The summed E-state index contributed by atoms with van der Waals surface area (Å²) in [5, 5.41) is 3.95. The van der Waals surface area contributed by atoms with Crippen LogP contribution in [0.3, 0.4) is 0 Å². The van der Waals surface area contributed by atoms with Crippen molar-refractivity contribution in [3.05, 3.63) is 65.2 Å². The Kier molecular flexibility index (Phi) is 5.10. The third-order valence-electron chi connectivity index (χ3n) is 2.97. The van der Waals surface area contributed by atoms with Crippen molar-refractivity contribution in [1.82, 2.24) is 5.43 Å². The molecule has 4 nitrogen and oxygen atoms in total. The van der Waals surface area contributed by atoms with Crippen LogP contribution in [0, 0.1) is 6.92 Å². The Morgan fingerprint density at radius 1 is 1.24 bits per heavy atom. The Balaban J connectivity index is 1.86. The number of carbonyl (C=O) groups is 1. The first-order chi connectivity index (χ1) is 10.2. The molecule has 0 aliphatic heterocycles. The van der Waals surface area contributed by atoms with Crippen LogP contribution in [-0.2, 0) is 11.2 Å². The number of ether oxygens (including phenoxy) is 1. The summed E-state index contributed by atoms with van der Waals surface area (Å²) in [6.45, 7) is 2.00. The van der Waals surface area contributed by atoms with E-state index < -0.39 is 0 Å². The highest BCUT2D eigenvalue weighted by molar-refractivity contribution is 5.83. The molecule has 4 heteroatoms. The number of carbonyl (C=O) groups excluding carboxylic acids is 1. The average molecular weight is 282 g/mol. The summed E-state index contributed by atoms with van der Waals surface area (Å²) in [5.74, 6) is 0.654. The lowest BCUT2D eigenvalue weighted by Gasteiger charge is -2.02. The van der Waals surface area contributed by atoms with Gasteiger partial charge in [0.05, 0.1) is 19.7 Å². The molecule has 0 bridgehead atoms. The van der Waals surface area contributed by atoms with Gasteiger partial charge in [0.15, 0.2) is 0 Å². The Bertz CT molecular complexity index is 633. The molecular weight excluding hydrogens is 264 g/mol. The lowest BCUT2D eigenvalue weighted by atomic mass is 10.1. The van der Waals surface area contributed by atoms with Gasteiger partial charge in [0.2, 0.25) is 5.91 Å². The molecule has 0 atom stereocenters. The van der Waals surface area contributed by atoms with E-state index in [9.17, 15) is 4.79 Å². The van der Waals surface area contributed by atoms with E-state index in [1.165, 1.54) is 0 Å². The van der Waals surface area contributed by atoms with Crippen molar-refractivity contribution in [2.24, 2.45) is 5.10 Å². The number of hydrazone groups is 1. The summed E-state index contributed by atoms with van der Waals surface area (Å²) in [5.41, 5.74) is 5.54. The summed E-state index contributed by atoms with van der Waals surface area (Å²) >= 11 is 0. The predicted octanol–water partition coefficient (Wildman–Crippen LogP) is 2.70. The molecule has 21 heavy (non-hydrogen) atoms. The Morgan fingerprint density at radius 3 is 2.67 bits per heavy atom. The SMILES string of the molecule is COc1ccc(/C=N/NC(=O)Cc2cccc(C)c2)cc1. The minimum atomic E-state index is -0.134. The van der Waals surface area contributed by atoms with Gasteiger partial charge in [-0.15, -0.1) is 0 Å². The first-order valence-electron chi connectivity index (χ1n) is 6.69. The molecule has 2 aromatic rings. The van der Waals surface area contributed by atoms with E-state index in [1.807, 2.05) is 55.5 Å². The Hall–Kier alpha value is -2.62. The summed E-state index contributed by atoms with van der Waals surface area (Å²) in [6.07, 6.45) is 1.93. The second kappa shape index (κ2) is 7.24. The molecule has 0 saturated carbocycles. The zero-order chi connectivity index (χ0) is 15.1. The third-order valence-corrected chi connectivity index (χ3v) is 2.97. The number of nitrogens with one attached hydrogen (secondary N) is 1. The zero-order valence-electron chi connectivity index (χ0n) is 12.2. The van der Waals surface area contributed by atoms with Gasteiger partial charge < -0.3 is 4.74 Å². The Morgan fingerprint density at radius 2 is 2.00 bits per heavy atom. The number of benzene rings is 2. The lowest BCUT2D eigenvalue weighted by molar-refractivity contribution is -0.120. The van der Waals surface area contributed by atoms with Crippen molar-refractivity contribution in [2.45, 2.75) is 13.3 Å². The fourth-order valence-corrected chi connectivity index (χ4v) is 1.92. The lowest BCUT2D eigenvalue weighted by Crippen LogP contribution is -2.19. The molecule has 0 radical (unpaired) electrons. The van der Waals surface area contributed by atoms with Gasteiger partial charge in [-0.3, -0.25) is 4.79 Å². The van der Waals surface area contributed by atoms with Crippen LogP contribution >= 0.6 is 0 Å². The van der Waals surface area contributed by atoms with E-state index in [1.54, 1.807) is 13.3 Å². The highest BCUT2D eigenvalue weighted by Gasteiger charge is 2.01. The molecule has 0 aliphatic rings. The number of rotatable bonds is 5. The smallest absolute Gasteiger partial charge is 0.244 e. The summed E-state index contributed by atoms with van der Waals surface area (Å²) in [7, 11) is 1.62. The van der Waals surface area contributed by atoms with E-state index in [0.717, 1.165) is 22.4 Å². The van der Waals surface area contributed by atoms with Crippen LogP contribution < -0.4 is 10.2 Å².